The van der Waals surface area contributed by atoms with Gasteiger partial charge in [0, 0.05) is 26.8 Å². The summed E-state index contributed by atoms with van der Waals surface area (Å²) in [6, 6.07) is 39.0. The van der Waals surface area contributed by atoms with Crippen LogP contribution >= 0.6 is 11.3 Å². The second-order valence-electron chi connectivity index (χ2n) is 7.88. The van der Waals surface area contributed by atoms with Gasteiger partial charge in [-0.25, -0.2) is 0 Å². The van der Waals surface area contributed by atoms with E-state index in [0.29, 0.717) is 0 Å². The van der Waals surface area contributed by atoms with Crippen molar-refractivity contribution in [1.82, 2.24) is 0 Å². The van der Waals surface area contributed by atoms with E-state index in [2.05, 4.69) is 121 Å². The first-order chi connectivity index (χ1) is 15.3. The van der Waals surface area contributed by atoms with Gasteiger partial charge in [0.1, 0.15) is 0 Å². The number of rotatable bonds is 3. The molecule has 0 aliphatic heterocycles. The van der Waals surface area contributed by atoms with E-state index >= 15 is 0 Å². The smallest absolute Gasteiger partial charge is 0.0640 e. The van der Waals surface area contributed by atoms with E-state index < -0.39 is 0 Å². The maximum absolute atomic E-state index is 2.37. The van der Waals surface area contributed by atoms with Crippen molar-refractivity contribution in [3.8, 4) is 0 Å². The van der Waals surface area contributed by atoms with E-state index in [-0.39, 0.29) is 0 Å². The lowest BCUT2D eigenvalue weighted by Crippen LogP contribution is -2.09. The standard InChI is InChI=1S/C29H21NS/c1-20-19-21-11-8-9-16-24(21)29-27(20)25-17-10-18-26(28(25)31-29)30(22-12-4-2-5-13-22)23-14-6-3-7-15-23/h2-19H,1H3. The largest absolute Gasteiger partial charge is 0.309 e. The fraction of sp³-hybridized carbons (Fsp3) is 0.0345. The quantitative estimate of drug-likeness (QED) is 0.279. The molecule has 6 aromatic rings. The zero-order valence-corrected chi connectivity index (χ0v) is 18.1. The van der Waals surface area contributed by atoms with Crippen LogP contribution in [0, 0.1) is 6.92 Å². The molecule has 0 fully saturated rings. The third-order valence-corrected chi connectivity index (χ3v) is 7.20. The van der Waals surface area contributed by atoms with Crippen LogP contribution in [0.3, 0.4) is 0 Å². The summed E-state index contributed by atoms with van der Waals surface area (Å²) in [5, 5.41) is 5.35. The molecule has 0 amide bonds. The highest BCUT2D eigenvalue weighted by atomic mass is 32.1. The summed E-state index contributed by atoms with van der Waals surface area (Å²) in [7, 11) is 0. The molecule has 0 saturated heterocycles. The average molecular weight is 416 g/mol. The van der Waals surface area contributed by atoms with Gasteiger partial charge < -0.3 is 4.90 Å². The number of thiophene rings is 1. The maximum Gasteiger partial charge on any atom is 0.0640 e. The number of fused-ring (bicyclic) bond motifs is 5. The molecule has 0 unspecified atom stereocenters. The van der Waals surface area contributed by atoms with Gasteiger partial charge in [-0.3, -0.25) is 0 Å². The van der Waals surface area contributed by atoms with Gasteiger partial charge in [0.15, 0.2) is 0 Å². The summed E-state index contributed by atoms with van der Waals surface area (Å²) in [4.78, 5) is 2.37. The molecule has 1 nitrogen and oxygen atoms in total. The molecule has 0 aliphatic rings. The van der Waals surface area contributed by atoms with Crippen LogP contribution in [0.25, 0.3) is 30.9 Å². The first-order valence-corrected chi connectivity index (χ1v) is 11.4. The predicted molar refractivity (Wildman–Crippen MR) is 136 cm³/mol. The molecule has 0 saturated carbocycles. The zero-order valence-electron chi connectivity index (χ0n) is 17.2. The number of benzene rings is 5. The summed E-state index contributed by atoms with van der Waals surface area (Å²) in [6.45, 7) is 2.24. The Kier molecular flexibility index (Phi) is 4.26. The molecule has 0 radical (unpaired) electrons. The van der Waals surface area contributed by atoms with Gasteiger partial charge in [0.25, 0.3) is 0 Å². The SMILES string of the molecule is Cc1cc2ccccc2c2sc3c(N(c4ccccc4)c4ccccc4)cccc3c12. The number of anilines is 3. The Bertz CT molecular complexity index is 1490. The number of para-hydroxylation sites is 2. The highest BCUT2D eigenvalue weighted by Crippen LogP contribution is 2.47. The molecule has 1 heterocycles. The lowest BCUT2D eigenvalue weighted by molar-refractivity contribution is 1.30. The van der Waals surface area contributed by atoms with Crippen LogP contribution < -0.4 is 4.90 Å². The number of aryl methyl sites for hydroxylation is 1. The van der Waals surface area contributed by atoms with Crippen molar-refractivity contribution in [2.75, 3.05) is 4.90 Å². The topological polar surface area (TPSA) is 3.24 Å². The third-order valence-electron chi connectivity index (χ3n) is 5.94. The van der Waals surface area contributed by atoms with E-state index in [9.17, 15) is 0 Å². The highest BCUT2D eigenvalue weighted by molar-refractivity contribution is 7.27. The molecule has 5 aromatic carbocycles. The van der Waals surface area contributed by atoms with Crippen molar-refractivity contribution in [1.29, 1.82) is 0 Å². The van der Waals surface area contributed by atoms with E-state index in [1.165, 1.54) is 53.6 Å². The fourth-order valence-electron chi connectivity index (χ4n) is 4.58. The van der Waals surface area contributed by atoms with Crippen LogP contribution in [0.5, 0.6) is 0 Å². The summed E-state index contributed by atoms with van der Waals surface area (Å²) in [6.07, 6.45) is 0. The first kappa shape index (κ1) is 18.2. The molecule has 0 spiro atoms. The molecule has 31 heavy (non-hydrogen) atoms. The monoisotopic (exact) mass is 415 g/mol. The van der Waals surface area contributed by atoms with Gasteiger partial charge in [0.2, 0.25) is 0 Å². The van der Waals surface area contributed by atoms with Crippen molar-refractivity contribution in [2.45, 2.75) is 6.92 Å². The molecular weight excluding hydrogens is 394 g/mol. The van der Waals surface area contributed by atoms with Crippen molar-refractivity contribution < 1.29 is 0 Å². The lowest BCUT2D eigenvalue weighted by Gasteiger charge is -2.25. The van der Waals surface area contributed by atoms with Crippen molar-refractivity contribution >= 4 is 59.3 Å². The van der Waals surface area contributed by atoms with Crippen LogP contribution in [0.4, 0.5) is 17.1 Å². The molecular formula is C29H21NS. The average Bonchev–Trinajstić information content (AvgIpc) is 3.22. The van der Waals surface area contributed by atoms with Gasteiger partial charge in [-0.15, -0.1) is 11.3 Å². The van der Waals surface area contributed by atoms with Gasteiger partial charge >= 0.3 is 0 Å². The Balaban J connectivity index is 1.71. The van der Waals surface area contributed by atoms with Gasteiger partial charge in [-0.1, -0.05) is 78.9 Å². The van der Waals surface area contributed by atoms with Gasteiger partial charge in [-0.05, 0) is 53.6 Å². The van der Waals surface area contributed by atoms with Crippen molar-refractivity contribution in [2.24, 2.45) is 0 Å². The molecule has 148 valence electrons. The van der Waals surface area contributed by atoms with E-state index in [1.807, 2.05) is 11.3 Å². The first-order valence-electron chi connectivity index (χ1n) is 10.5. The number of hydrogen-bond donors (Lipinski definition) is 0. The molecule has 0 bridgehead atoms. The number of nitrogens with zero attached hydrogens (tertiary/aromatic N) is 1. The van der Waals surface area contributed by atoms with Crippen molar-refractivity contribution in [3.63, 3.8) is 0 Å². The second-order valence-corrected chi connectivity index (χ2v) is 8.90. The Hall–Kier alpha value is -3.62. The predicted octanol–water partition coefficient (Wildman–Crippen LogP) is 8.99. The molecule has 0 atom stereocenters. The Labute approximate surface area is 185 Å². The van der Waals surface area contributed by atoms with E-state index in [1.54, 1.807) is 0 Å². The molecule has 1 aromatic heterocycles. The van der Waals surface area contributed by atoms with E-state index in [4.69, 9.17) is 0 Å². The summed E-state index contributed by atoms with van der Waals surface area (Å²) < 4.78 is 2.70. The van der Waals surface area contributed by atoms with Crippen LogP contribution in [0.15, 0.2) is 109 Å². The Morgan fingerprint density at radius 1 is 0.581 bits per heavy atom. The second kappa shape index (κ2) is 7.26. The molecule has 0 N–H and O–H groups in total. The molecule has 6 rings (SSSR count). The van der Waals surface area contributed by atoms with Gasteiger partial charge in [-0.2, -0.15) is 0 Å². The normalized spacial score (nSPS) is 11.4. The minimum Gasteiger partial charge on any atom is -0.309 e. The summed E-state index contributed by atoms with van der Waals surface area (Å²) >= 11 is 1.91. The Morgan fingerprint density at radius 2 is 1.19 bits per heavy atom. The Morgan fingerprint density at radius 3 is 1.90 bits per heavy atom. The van der Waals surface area contributed by atoms with Gasteiger partial charge in [0.05, 0.1) is 10.4 Å². The fourth-order valence-corrected chi connectivity index (χ4v) is 5.99. The molecule has 0 aliphatic carbocycles. The third kappa shape index (κ3) is 2.91. The minimum absolute atomic E-state index is 1.17. The summed E-state index contributed by atoms with van der Waals surface area (Å²) in [5.41, 5.74) is 4.89. The molecule has 2 heteroatoms. The van der Waals surface area contributed by atoms with Crippen LogP contribution in [-0.2, 0) is 0 Å². The highest BCUT2D eigenvalue weighted by Gasteiger charge is 2.19. The zero-order chi connectivity index (χ0) is 20.8. The van der Waals surface area contributed by atoms with Crippen LogP contribution in [0.2, 0.25) is 0 Å². The minimum atomic E-state index is 1.17. The van der Waals surface area contributed by atoms with Crippen molar-refractivity contribution in [3.05, 3.63) is 115 Å². The van der Waals surface area contributed by atoms with Crippen LogP contribution in [-0.4, -0.2) is 0 Å². The summed E-state index contributed by atoms with van der Waals surface area (Å²) in [5.74, 6) is 0. The lowest BCUT2D eigenvalue weighted by atomic mass is 10.0. The van der Waals surface area contributed by atoms with E-state index in [0.717, 1.165) is 0 Å². The maximum atomic E-state index is 2.37. The van der Waals surface area contributed by atoms with Crippen LogP contribution in [0.1, 0.15) is 5.56 Å². The number of hydrogen-bond acceptors (Lipinski definition) is 2.